The summed E-state index contributed by atoms with van der Waals surface area (Å²) in [7, 11) is 1.58. The van der Waals surface area contributed by atoms with Crippen LogP contribution in [0.4, 0.5) is 0 Å². The molecule has 0 unspecified atom stereocenters. The van der Waals surface area contributed by atoms with Gasteiger partial charge in [0.05, 0.1) is 7.11 Å². The molecule has 4 nitrogen and oxygen atoms in total. The summed E-state index contributed by atoms with van der Waals surface area (Å²) in [6.07, 6.45) is 4.09. The van der Waals surface area contributed by atoms with Crippen LogP contribution in [0.2, 0.25) is 0 Å². The molecule has 0 radical (unpaired) electrons. The summed E-state index contributed by atoms with van der Waals surface area (Å²) in [6, 6.07) is 5.20. The maximum Gasteiger partial charge on any atom is 0.163 e. The van der Waals surface area contributed by atoms with Crippen LogP contribution in [-0.4, -0.2) is 25.7 Å². The minimum atomic E-state index is -0.353. The number of carbonyl (C=O) groups is 1. The van der Waals surface area contributed by atoms with Crippen molar-refractivity contribution in [2.24, 2.45) is 0 Å². The molecule has 1 fully saturated rings. The minimum absolute atomic E-state index is 0. The first kappa shape index (κ1) is 15.8. The number of ether oxygens (including phenoxy) is 2. The zero-order chi connectivity index (χ0) is 13.0. The van der Waals surface area contributed by atoms with E-state index >= 15 is 0 Å². The van der Waals surface area contributed by atoms with Crippen LogP contribution in [0, 0.1) is 0 Å². The molecule has 1 aliphatic rings. The van der Waals surface area contributed by atoms with Gasteiger partial charge in [-0.25, -0.2) is 0 Å². The largest absolute Gasteiger partial charge is 0.493 e. The number of methoxy groups -OCH3 is 1. The van der Waals surface area contributed by atoms with Crippen molar-refractivity contribution >= 4 is 18.7 Å². The lowest BCUT2D eigenvalue weighted by molar-refractivity contribution is 0.0232. The number of rotatable bonds is 4. The number of halogens is 1. The van der Waals surface area contributed by atoms with Crippen LogP contribution >= 0.6 is 12.4 Å². The highest BCUT2D eigenvalue weighted by Crippen LogP contribution is 2.32. The third kappa shape index (κ3) is 3.85. The predicted molar refractivity (Wildman–Crippen MR) is 76.5 cm³/mol. The van der Waals surface area contributed by atoms with Gasteiger partial charge in [-0.1, -0.05) is 0 Å². The number of nitrogens with one attached hydrogen (secondary N) is 1. The lowest BCUT2D eigenvalue weighted by Crippen LogP contribution is -2.50. The third-order valence-electron chi connectivity index (χ3n) is 3.24. The van der Waals surface area contributed by atoms with Crippen molar-refractivity contribution in [1.29, 1.82) is 0 Å². The van der Waals surface area contributed by atoms with Gasteiger partial charge in [0.2, 0.25) is 0 Å². The summed E-state index contributed by atoms with van der Waals surface area (Å²) in [5.41, 5.74) is 0.231. The van der Waals surface area contributed by atoms with Gasteiger partial charge in [-0.3, -0.25) is 10.1 Å². The predicted octanol–water partition coefficient (Wildman–Crippen LogP) is 2.80. The molecule has 0 spiro atoms. The van der Waals surface area contributed by atoms with Crippen molar-refractivity contribution in [3.05, 3.63) is 23.8 Å². The van der Waals surface area contributed by atoms with Crippen LogP contribution in [0.3, 0.4) is 0 Å². The van der Waals surface area contributed by atoms with E-state index in [-0.39, 0.29) is 18.1 Å². The molecule has 106 valence electrons. The fourth-order valence-electron chi connectivity index (χ4n) is 2.20. The Labute approximate surface area is 119 Å². The second-order valence-corrected chi connectivity index (χ2v) is 4.74. The summed E-state index contributed by atoms with van der Waals surface area (Å²) in [4.78, 5) is 10.7. The summed E-state index contributed by atoms with van der Waals surface area (Å²) in [5, 5.41) is 3.38. The Bertz CT molecular complexity index is 431. The van der Waals surface area contributed by atoms with E-state index in [9.17, 15) is 4.79 Å². The molecular formula is C14H20ClNO3. The molecule has 0 amide bonds. The molecule has 0 aromatic heterocycles. The number of carbonyl (C=O) groups excluding carboxylic acids is 1. The molecule has 0 saturated carbocycles. The second kappa shape index (κ2) is 6.78. The first-order chi connectivity index (χ1) is 8.67. The maximum absolute atomic E-state index is 10.7. The van der Waals surface area contributed by atoms with Gasteiger partial charge in [0, 0.05) is 12.0 Å². The van der Waals surface area contributed by atoms with Crippen molar-refractivity contribution < 1.29 is 14.3 Å². The standard InChI is InChI=1S/C14H19NO3.ClH/c1-14(7-3-4-8-15-14)18-12-6-5-11(10-16)9-13(12)17-2;/h5-6,9-10,15H,3-4,7-8H2,1-2H3;1H/t14-;/m0./s1. The Hall–Kier alpha value is -1.26. The quantitative estimate of drug-likeness (QED) is 0.864. The molecule has 0 bridgehead atoms. The first-order valence-electron chi connectivity index (χ1n) is 6.24. The molecule has 5 heteroatoms. The molecular weight excluding hydrogens is 266 g/mol. The van der Waals surface area contributed by atoms with Crippen molar-refractivity contribution in [2.45, 2.75) is 31.9 Å². The van der Waals surface area contributed by atoms with E-state index in [1.807, 2.05) is 6.92 Å². The van der Waals surface area contributed by atoms with Crippen molar-refractivity contribution in [3.8, 4) is 11.5 Å². The normalized spacial score (nSPS) is 22.2. The van der Waals surface area contributed by atoms with Gasteiger partial charge >= 0.3 is 0 Å². The van der Waals surface area contributed by atoms with E-state index in [0.717, 1.165) is 25.7 Å². The Morgan fingerprint density at radius 3 is 2.68 bits per heavy atom. The van der Waals surface area contributed by atoms with E-state index < -0.39 is 0 Å². The monoisotopic (exact) mass is 285 g/mol. The molecule has 1 saturated heterocycles. The van der Waals surface area contributed by atoms with E-state index in [0.29, 0.717) is 17.1 Å². The first-order valence-corrected chi connectivity index (χ1v) is 6.24. The van der Waals surface area contributed by atoms with Gasteiger partial charge in [-0.05, 0) is 44.5 Å². The van der Waals surface area contributed by atoms with Crippen molar-refractivity contribution in [2.75, 3.05) is 13.7 Å². The molecule has 1 N–H and O–H groups in total. The average Bonchev–Trinajstić information content (AvgIpc) is 2.39. The molecule has 0 aliphatic carbocycles. The van der Waals surface area contributed by atoms with Crippen molar-refractivity contribution in [3.63, 3.8) is 0 Å². The fraction of sp³-hybridized carbons (Fsp3) is 0.500. The highest BCUT2D eigenvalue weighted by Gasteiger charge is 2.29. The Kier molecular flexibility index (Phi) is 5.63. The average molecular weight is 286 g/mol. The molecule has 19 heavy (non-hydrogen) atoms. The van der Waals surface area contributed by atoms with Crippen LogP contribution in [0.5, 0.6) is 11.5 Å². The van der Waals surface area contributed by atoms with E-state index in [1.54, 1.807) is 25.3 Å². The summed E-state index contributed by atoms with van der Waals surface area (Å²) in [5.74, 6) is 1.26. The number of hydrogen-bond acceptors (Lipinski definition) is 4. The SMILES string of the molecule is COc1cc(C=O)ccc1O[C@@]1(C)CCCCN1.Cl. The highest BCUT2D eigenvalue weighted by molar-refractivity contribution is 5.85. The Morgan fingerprint density at radius 1 is 1.32 bits per heavy atom. The lowest BCUT2D eigenvalue weighted by Gasteiger charge is -2.35. The summed E-state index contributed by atoms with van der Waals surface area (Å²) >= 11 is 0. The van der Waals surface area contributed by atoms with E-state index in [4.69, 9.17) is 9.47 Å². The highest BCUT2D eigenvalue weighted by atomic mass is 35.5. The topological polar surface area (TPSA) is 47.6 Å². The summed E-state index contributed by atoms with van der Waals surface area (Å²) < 4.78 is 11.3. The minimum Gasteiger partial charge on any atom is -0.493 e. The van der Waals surface area contributed by atoms with Crippen LogP contribution in [-0.2, 0) is 0 Å². The van der Waals surface area contributed by atoms with Crippen molar-refractivity contribution in [1.82, 2.24) is 5.32 Å². The zero-order valence-electron chi connectivity index (χ0n) is 11.3. The fourth-order valence-corrected chi connectivity index (χ4v) is 2.20. The Balaban J connectivity index is 0.00000180. The van der Waals surface area contributed by atoms with Crippen LogP contribution < -0.4 is 14.8 Å². The van der Waals surface area contributed by atoms with Gasteiger partial charge in [-0.2, -0.15) is 0 Å². The van der Waals surface area contributed by atoms with Crippen LogP contribution in [0.15, 0.2) is 18.2 Å². The second-order valence-electron chi connectivity index (χ2n) is 4.74. The molecule has 1 aromatic rings. The van der Waals surface area contributed by atoms with Gasteiger partial charge < -0.3 is 9.47 Å². The number of aldehydes is 1. The maximum atomic E-state index is 10.7. The summed E-state index contributed by atoms with van der Waals surface area (Å²) in [6.45, 7) is 3.00. The van der Waals surface area contributed by atoms with Gasteiger partial charge in [0.1, 0.15) is 6.29 Å². The van der Waals surface area contributed by atoms with E-state index in [2.05, 4.69) is 5.32 Å². The third-order valence-corrected chi connectivity index (χ3v) is 3.24. The molecule has 1 aliphatic heterocycles. The van der Waals surface area contributed by atoms with Crippen LogP contribution in [0.25, 0.3) is 0 Å². The van der Waals surface area contributed by atoms with Gasteiger partial charge in [-0.15, -0.1) is 12.4 Å². The molecule has 1 heterocycles. The number of hydrogen-bond donors (Lipinski definition) is 1. The van der Waals surface area contributed by atoms with E-state index in [1.165, 1.54) is 6.42 Å². The molecule has 1 atom stereocenters. The van der Waals surface area contributed by atoms with Gasteiger partial charge in [0.25, 0.3) is 0 Å². The Morgan fingerprint density at radius 2 is 2.11 bits per heavy atom. The van der Waals surface area contributed by atoms with Crippen LogP contribution in [0.1, 0.15) is 36.5 Å². The number of benzene rings is 1. The lowest BCUT2D eigenvalue weighted by atomic mass is 10.0. The smallest absolute Gasteiger partial charge is 0.163 e. The molecule has 2 rings (SSSR count). The zero-order valence-corrected chi connectivity index (χ0v) is 12.1. The molecule has 1 aromatic carbocycles. The van der Waals surface area contributed by atoms with Gasteiger partial charge in [0.15, 0.2) is 17.2 Å². The number of piperidine rings is 1.